The molecule has 3 N–H and O–H groups in total. The van der Waals surface area contributed by atoms with E-state index in [1.54, 1.807) is 18.2 Å². The Labute approximate surface area is 267 Å². The monoisotopic (exact) mass is 603 g/mol. The van der Waals surface area contributed by atoms with Crippen molar-refractivity contribution in [2.24, 2.45) is 0 Å². The Balaban J connectivity index is 1.69. The number of anilines is 3. The molecule has 0 spiro atoms. The predicted octanol–water partition coefficient (Wildman–Crippen LogP) is 9.34. The van der Waals surface area contributed by atoms with Gasteiger partial charge >= 0.3 is 0 Å². The molecule has 0 aliphatic rings. The van der Waals surface area contributed by atoms with Gasteiger partial charge in [0.05, 0.1) is 16.7 Å². The highest BCUT2D eigenvalue weighted by Crippen LogP contribution is 2.27. The summed E-state index contributed by atoms with van der Waals surface area (Å²) in [6.45, 7) is 19.1. The van der Waals surface area contributed by atoms with Crippen LogP contribution < -0.4 is 16.0 Å². The number of benzene rings is 4. The SMILES string of the molecule is CC(C)(C)c1ccc(NC(=O)c2cccc(C(=O)Nc3ccc(C(C)(C)C)cc3)c2C(=O)Nc2ccc(C(C)(C)C)cc2)cc1. The Bertz CT molecular complexity index is 1590. The van der Waals surface area contributed by atoms with E-state index in [-0.39, 0.29) is 32.9 Å². The smallest absolute Gasteiger partial charge is 0.257 e. The lowest BCUT2D eigenvalue weighted by molar-refractivity contribution is 0.0978. The van der Waals surface area contributed by atoms with Crippen LogP contribution in [-0.2, 0) is 16.2 Å². The fraction of sp³-hybridized carbons (Fsp3) is 0.308. The third kappa shape index (κ3) is 8.27. The van der Waals surface area contributed by atoms with Crippen LogP contribution in [0.15, 0.2) is 91.0 Å². The second-order valence-corrected chi connectivity index (χ2v) is 14.6. The number of hydrogen-bond acceptors (Lipinski definition) is 3. The van der Waals surface area contributed by atoms with E-state index in [0.717, 1.165) is 16.7 Å². The van der Waals surface area contributed by atoms with Gasteiger partial charge in [0.25, 0.3) is 17.7 Å². The normalized spacial score (nSPS) is 11.9. The summed E-state index contributed by atoms with van der Waals surface area (Å²) in [4.78, 5) is 41.2. The van der Waals surface area contributed by atoms with Crippen LogP contribution in [0.2, 0.25) is 0 Å². The Morgan fingerprint density at radius 2 is 0.667 bits per heavy atom. The summed E-state index contributed by atoms with van der Waals surface area (Å²) in [6, 6.07) is 27.6. The molecule has 0 bridgehead atoms. The Hall–Kier alpha value is -4.71. The summed E-state index contributed by atoms with van der Waals surface area (Å²) in [5.74, 6) is -1.53. The maximum absolute atomic E-state index is 13.9. The first kappa shape index (κ1) is 33.2. The average molecular weight is 604 g/mol. The molecule has 0 aliphatic carbocycles. The van der Waals surface area contributed by atoms with Crippen molar-refractivity contribution in [1.29, 1.82) is 0 Å². The predicted molar refractivity (Wildman–Crippen MR) is 186 cm³/mol. The number of amides is 3. The van der Waals surface area contributed by atoms with Gasteiger partial charge in [-0.3, -0.25) is 14.4 Å². The van der Waals surface area contributed by atoms with Crippen molar-refractivity contribution < 1.29 is 14.4 Å². The molecular formula is C39H45N3O3. The Morgan fingerprint density at radius 3 is 0.933 bits per heavy atom. The van der Waals surface area contributed by atoms with Gasteiger partial charge in [0.2, 0.25) is 0 Å². The van der Waals surface area contributed by atoms with Gasteiger partial charge in [-0.1, -0.05) is 105 Å². The van der Waals surface area contributed by atoms with Crippen molar-refractivity contribution in [3.05, 3.63) is 124 Å². The molecule has 0 fully saturated rings. The van der Waals surface area contributed by atoms with Crippen LogP contribution in [0.5, 0.6) is 0 Å². The maximum Gasteiger partial charge on any atom is 0.257 e. The summed E-state index contributed by atoms with van der Waals surface area (Å²) < 4.78 is 0. The molecule has 0 aliphatic heterocycles. The van der Waals surface area contributed by atoms with Gasteiger partial charge < -0.3 is 16.0 Å². The van der Waals surface area contributed by atoms with E-state index in [2.05, 4.69) is 78.3 Å². The van der Waals surface area contributed by atoms with Crippen molar-refractivity contribution in [2.75, 3.05) is 16.0 Å². The number of nitrogens with one attached hydrogen (secondary N) is 3. The molecule has 0 saturated heterocycles. The summed E-state index contributed by atoms with van der Waals surface area (Å²) in [6.07, 6.45) is 0. The molecule has 4 rings (SSSR count). The topological polar surface area (TPSA) is 87.3 Å². The lowest BCUT2D eigenvalue weighted by Gasteiger charge is -2.20. The highest BCUT2D eigenvalue weighted by atomic mass is 16.2. The lowest BCUT2D eigenvalue weighted by atomic mass is 9.87. The second kappa shape index (κ2) is 12.7. The molecule has 0 radical (unpaired) electrons. The zero-order valence-corrected chi connectivity index (χ0v) is 27.9. The summed E-state index contributed by atoms with van der Waals surface area (Å²) >= 11 is 0. The molecule has 4 aromatic carbocycles. The van der Waals surface area contributed by atoms with Crippen molar-refractivity contribution in [2.45, 2.75) is 78.6 Å². The molecule has 6 heteroatoms. The third-order valence-electron chi connectivity index (χ3n) is 7.81. The van der Waals surface area contributed by atoms with Crippen LogP contribution in [0.1, 0.15) is 110 Å². The van der Waals surface area contributed by atoms with Crippen molar-refractivity contribution >= 4 is 34.8 Å². The molecule has 0 saturated carbocycles. The van der Waals surface area contributed by atoms with Crippen LogP contribution >= 0.6 is 0 Å². The first-order valence-electron chi connectivity index (χ1n) is 15.3. The first-order chi connectivity index (χ1) is 20.9. The molecular weight excluding hydrogens is 558 g/mol. The molecule has 3 amide bonds. The first-order valence-corrected chi connectivity index (χ1v) is 15.3. The van der Waals surface area contributed by atoms with Gasteiger partial charge in [-0.05, 0) is 81.5 Å². The Kier molecular flexibility index (Phi) is 9.38. The van der Waals surface area contributed by atoms with Crippen molar-refractivity contribution in [3.63, 3.8) is 0 Å². The zero-order valence-electron chi connectivity index (χ0n) is 27.9. The fourth-order valence-electron chi connectivity index (χ4n) is 4.93. The van der Waals surface area contributed by atoms with Crippen molar-refractivity contribution in [1.82, 2.24) is 0 Å². The highest BCUT2D eigenvalue weighted by Gasteiger charge is 2.26. The lowest BCUT2D eigenvalue weighted by Crippen LogP contribution is -2.25. The van der Waals surface area contributed by atoms with Crippen LogP contribution in [0, 0.1) is 0 Å². The van der Waals surface area contributed by atoms with Crippen LogP contribution in [0.3, 0.4) is 0 Å². The van der Waals surface area contributed by atoms with E-state index >= 15 is 0 Å². The van der Waals surface area contributed by atoms with Gasteiger partial charge in [-0.15, -0.1) is 0 Å². The van der Waals surface area contributed by atoms with Gasteiger partial charge in [0, 0.05) is 17.1 Å². The third-order valence-corrected chi connectivity index (χ3v) is 7.81. The van der Waals surface area contributed by atoms with Gasteiger partial charge in [-0.25, -0.2) is 0 Å². The largest absolute Gasteiger partial charge is 0.322 e. The van der Waals surface area contributed by atoms with E-state index < -0.39 is 17.7 Å². The molecule has 0 heterocycles. The second-order valence-electron chi connectivity index (χ2n) is 14.6. The van der Waals surface area contributed by atoms with Crippen LogP contribution in [-0.4, -0.2) is 17.7 Å². The van der Waals surface area contributed by atoms with E-state index in [0.29, 0.717) is 17.1 Å². The van der Waals surface area contributed by atoms with E-state index in [9.17, 15) is 14.4 Å². The quantitative estimate of drug-likeness (QED) is 0.205. The average Bonchev–Trinajstić information content (AvgIpc) is 2.96. The summed E-state index contributed by atoms with van der Waals surface area (Å²) in [7, 11) is 0. The maximum atomic E-state index is 13.9. The van der Waals surface area contributed by atoms with E-state index in [4.69, 9.17) is 0 Å². The minimum absolute atomic E-state index is 0.00924. The number of carbonyl (C=O) groups excluding carboxylic acids is 3. The fourth-order valence-corrected chi connectivity index (χ4v) is 4.93. The minimum Gasteiger partial charge on any atom is -0.322 e. The van der Waals surface area contributed by atoms with E-state index in [1.165, 1.54) is 0 Å². The van der Waals surface area contributed by atoms with Crippen LogP contribution in [0.25, 0.3) is 0 Å². The zero-order chi connectivity index (χ0) is 33.2. The molecule has 4 aromatic rings. The molecule has 234 valence electrons. The highest BCUT2D eigenvalue weighted by molar-refractivity contribution is 6.21. The minimum atomic E-state index is -0.555. The molecule has 0 aromatic heterocycles. The van der Waals surface area contributed by atoms with Crippen LogP contribution in [0.4, 0.5) is 17.1 Å². The van der Waals surface area contributed by atoms with E-state index in [1.807, 2.05) is 72.8 Å². The number of carbonyl (C=O) groups is 3. The standard InChI is InChI=1S/C39H45N3O3/c1-37(2,3)25-13-19-28(20-14-25)40-34(43)31-11-10-12-32(35(44)41-29-21-15-26(16-22-29)38(4,5)6)33(31)36(45)42-30-23-17-27(18-24-30)39(7,8)9/h10-24H,1-9H3,(H,40,43)(H,41,44)(H,42,45). The molecule has 0 unspecified atom stereocenters. The summed E-state index contributed by atoms with van der Waals surface area (Å²) in [5, 5.41) is 8.72. The van der Waals surface area contributed by atoms with Gasteiger partial charge in [-0.2, -0.15) is 0 Å². The van der Waals surface area contributed by atoms with Gasteiger partial charge in [0.15, 0.2) is 0 Å². The molecule has 45 heavy (non-hydrogen) atoms. The van der Waals surface area contributed by atoms with Gasteiger partial charge in [0.1, 0.15) is 0 Å². The molecule has 0 atom stereocenters. The Morgan fingerprint density at radius 1 is 0.400 bits per heavy atom. The van der Waals surface area contributed by atoms with Crippen molar-refractivity contribution in [3.8, 4) is 0 Å². The molecule has 6 nitrogen and oxygen atoms in total. The summed E-state index contributed by atoms with van der Waals surface area (Å²) in [5.41, 5.74) is 5.18. The number of hydrogen-bond donors (Lipinski definition) is 3. The number of rotatable bonds is 6.